The lowest BCUT2D eigenvalue weighted by Gasteiger charge is -2.18. The molecule has 0 spiro atoms. The maximum atomic E-state index is 14.1. The first-order chi connectivity index (χ1) is 9.67. The van der Waals surface area contributed by atoms with Gasteiger partial charge >= 0.3 is 0 Å². The van der Waals surface area contributed by atoms with Gasteiger partial charge in [-0.2, -0.15) is 0 Å². The van der Waals surface area contributed by atoms with E-state index in [0.717, 1.165) is 0 Å². The molecule has 2 aromatic rings. The largest absolute Gasteiger partial charge is 0.494 e. The van der Waals surface area contributed by atoms with Crippen molar-refractivity contribution in [2.24, 2.45) is 5.84 Å². The molecular weight excluding hydrogens is 262 g/mol. The van der Waals surface area contributed by atoms with Crippen LogP contribution < -0.4 is 16.0 Å². The summed E-state index contributed by atoms with van der Waals surface area (Å²) in [5.74, 6) is 4.80. The van der Waals surface area contributed by atoms with Crippen molar-refractivity contribution in [3.05, 3.63) is 65.2 Å². The minimum absolute atomic E-state index is 0.159. The molecule has 0 aliphatic heterocycles. The van der Waals surface area contributed by atoms with Crippen molar-refractivity contribution in [1.82, 2.24) is 5.43 Å². The molecule has 0 bridgehead atoms. The molecule has 3 N–H and O–H groups in total. The van der Waals surface area contributed by atoms with Crippen LogP contribution in [0.3, 0.4) is 0 Å². The molecule has 2 aromatic carbocycles. The molecule has 5 heteroatoms. The van der Waals surface area contributed by atoms with Gasteiger partial charge in [-0.1, -0.05) is 30.3 Å². The minimum Gasteiger partial charge on any atom is -0.494 e. The second-order valence-electron chi connectivity index (χ2n) is 4.38. The van der Waals surface area contributed by atoms with Crippen LogP contribution in [0.2, 0.25) is 0 Å². The molecule has 0 amide bonds. The first-order valence-corrected chi connectivity index (χ1v) is 6.19. The molecule has 1 atom stereocenters. The van der Waals surface area contributed by atoms with E-state index in [1.165, 1.54) is 19.2 Å². The number of hydrazine groups is 1. The van der Waals surface area contributed by atoms with Crippen molar-refractivity contribution in [1.29, 1.82) is 0 Å². The van der Waals surface area contributed by atoms with Gasteiger partial charge < -0.3 is 4.74 Å². The monoisotopic (exact) mass is 278 g/mol. The zero-order valence-electron chi connectivity index (χ0n) is 11.1. The second kappa shape index (κ2) is 6.45. The van der Waals surface area contributed by atoms with Gasteiger partial charge in [0, 0.05) is 5.56 Å². The van der Waals surface area contributed by atoms with Crippen LogP contribution in [0.5, 0.6) is 5.75 Å². The maximum absolute atomic E-state index is 14.1. The maximum Gasteiger partial charge on any atom is 0.168 e. The third-order valence-corrected chi connectivity index (χ3v) is 3.17. The van der Waals surface area contributed by atoms with Crippen LogP contribution in [0.15, 0.2) is 42.5 Å². The Labute approximate surface area is 116 Å². The molecular formula is C15H16F2N2O. The predicted molar refractivity (Wildman–Crippen MR) is 73.1 cm³/mol. The summed E-state index contributed by atoms with van der Waals surface area (Å²) in [6, 6.07) is 10.6. The Kier molecular flexibility index (Phi) is 4.65. The first kappa shape index (κ1) is 14.4. The fourth-order valence-electron chi connectivity index (χ4n) is 2.11. The predicted octanol–water partition coefficient (Wildman–Crippen LogP) is 2.72. The van der Waals surface area contributed by atoms with Crippen LogP contribution >= 0.6 is 0 Å². The Bertz CT molecular complexity index is 590. The summed E-state index contributed by atoms with van der Waals surface area (Å²) in [7, 11) is 1.40. The quantitative estimate of drug-likeness (QED) is 0.653. The van der Waals surface area contributed by atoms with Crippen LogP contribution in [-0.4, -0.2) is 7.11 Å². The number of hydrogen-bond acceptors (Lipinski definition) is 3. The summed E-state index contributed by atoms with van der Waals surface area (Å²) >= 11 is 0. The lowest BCUT2D eigenvalue weighted by atomic mass is 9.98. The number of ether oxygens (including phenoxy) is 1. The van der Waals surface area contributed by atoms with Crippen molar-refractivity contribution < 1.29 is 13.5 Å². The molecule has 0 aliphatic rings. The highest BCUT2D eigenvalue weighted by Crippen LogP contribution is 2.25. The highest BCUT2D eigenvalue weighted by molar-refractivity contribution is 5.33. The molecule has 106 valence electrons. The smallest absolute Gasteiger partial charge is 0.168 e. The van der Waals surface area contributed by atoms with E-state index in [1.54, 1.807) is 30.3 Å². The number of benzene rings is 2. The number of halogens is 2. The van der Waals surface area contributed by atoms with Gasteiger partial charge in [0.15, 0.2) is 11.6 Å². The van der Waals surface area contributed by atoms with Crippen molar-refractivity contribution >= 4 is 0 Å². The molecule has 0 aliphatic carbocycles. The second-order valence-corrected chi connectivity index (χ2v) is 4.38. The molecule has 0 fully saturated rings. The van der Waals surface area contributed by atoms with Crippen LogP contribution in [0.4, 0.5) is 8.78 Å². The first-order valence-electron chi connectivity index (χ1n) is 6.19. The Balaban J connectivity index is 2.30. The summed E-state index contributed by atoms with van der Waals surface area (Å²) in [4.78, 5) is 0. The molecule has 0 saturated heterocycles. The molecule has 0 aromatic heterocycles. The third kappa shape index (κ3) is 2.95. The SMILES string of the molecule is COc1cccc(CC(NN)c2ccccc2F)c1F. The molecule has 0 saturated carbocycles. The molecule has 2 rings (SSSR count). The van der Waals surface area contributed by atoms with E-state index in [1.807, 2.05) is 0 Å². The van der Waals surface area contributed by atoms with E-state index in [2.05, 4.69) is 5.43 Å². The number of methoxy groups -OCH3 is 1. The van der Waals surface area contributed by atoms with Gasteiger partial charge in [0.1, 0.15) is 5.82 Å². The van der Waals surface area contributed by atoms with Crippen LogP contribution in [0, 0.1) is 11.6 Å². The zero-order chi connectivity index (χ0) is 14.5. The average Bonchev–Trinajstić information content (AvgIpc) is 2.47. The standard InChI is InChI=1S/C15H16F2N2O/c1-20-14-8-4-5-10(15(14)17)9-13(19-18)11-6-2-3-7-12(11)16/h2-8,13,19H,9,18H2,1H3. The van der Waals surface area contributed by atoms with Crippen LogP contribution in [0.1, 0.15) is 17.2 Å². The molecule has 0 heterocycles. The van der Waals surface area contributed by atoms with Crippen LogP contribution in [-0.2, 0) is 6.42 Å². The van der Waals surface area contributed by atoms with Gasteiger partial charge in [0.05, 0.1) is 13.2 Å². The van der Waals surface area contributed by atoms with Crippen molar-refractivity contribution in [2.45, 2.75) is 12.5 Å². The van der Waals surface area contributed by atoms with Gasteiger partial charge in [-0.05, 0) is 24.1 Å². The van der Waals surface area contributed by atoms with Gasteiger partial charge in [-0.15, -0.1) is 0 Å². The topological polar surface area (TPSA) is 47.3 Å². The van der Waals surface area contributed by atoms with Gasteiger partial charge in [0.2, 0.25) is 0 Å². The number of nitrogens with one attached hydrogen (secondary N) is 1. The van der Waals surface area contributed by atoms with E-state index in [-0.39, 0.29) is 18.0 Å². The Morgan fingerprint density at radius 1 is 1.15 bits per heavy atom. The van der Waals surface area contributed by atoms with E-state index in [0.29, 0.717) is 11.1 Å². The van der Waals surface area contributed by atoms with E-state index < -0.39 is 11.9 Å². The molecule has 1 unspecified atom stereocenters. The Hall–Kier alpha value is -1.98. The Morgan fingerprint density at radius 3 is 2.55 bits per heavy atom. The molecule has 0 radical (unpaired) electrons. The number of hydrogen-bond donors (Lipinski definition) is 2. The van der Waals surface area contributed by atoms with E-state index in [4.69, 9.17) is 10.6 Å². The van der Waals surface area contributed by atoms with E-state index in [9.17, 15) is 8.78 Å². The number of nitrogens with two attached hydrogens (primary N) is 1. The van der Waals surface area contributed by atoms with Crippen molar-refractivity contribution in [3.63, 3.8) is 0 Å². The minimum atomic E-state index is -0.516. The van der Waals surface area contributed by atoms with Crippen molar-refractivity contribution in [2.75, 3.05) is 7.11 Å². The van der Waals surface area contributed by atoms with Crippen LogP contribution in [0.25, 0.3) is 0 Å². The van der Waals surface area contributed by atoms with Crippen molar-refractivity contribution in [3.8, 4) is 5.75 Å². The third-order valence-electron chi connectivity index (χ3n) is 3.17. The highest BCUT2D eigenvalue weighted by atomic mass is 19.1. The zero-order valence-corrected chi connectivity index (χ0v) is 11.1. The van der Waals surface area contributed by atoms with Gasteiger partial charge in [-0.25, -0.2) is 8.78 Å². The fraction of sp³-hybridized carbons (Fsp3) is 0.200. The van der Waals surface area contributed by atoms with Gasteiger partial charge in [0.25, 0.3) is 0 Å². The lowest BCUT2D eigenvalue weighted by molar-refractivity contribution is 0.382. The summed E-state index contributed by atoms with van der Waals surface area (Å²) in [5, 5.41) is 0. The van der Waals surface area contributed by atoms with E-state index >= 15 is 0 Å². The summed E-state index contributed by atoms with van der Waals surface area (Å²) < 4.78 is 32.8. The average molecular weight is 278 g/mol. The highest BCUT2D eigenvalue weighted by Gasteiger charge is 2.18. The normalized spacial score (nSPS) is 12.2. The summed E-state index contributed by atoms with van der Waals surface area (Å²) in [6.07, 6.45) is 0.223. The summed E-state index contributed by atoms with van der Waals surface area (Å²) in [5.41, 5.74) is 3.34. The van der Waals surface area contributed by atoms with Gasteiger partial charge in [-0.3, -0.25) is 11.3 Å². The summed E-state index contributed by atoms with van der Waals surface area (Å²) in [6.45, 7) is 0. The molecule has 3 nitrogen and oxygen atoms in total. The Morgan fingerprint density at radius 2 is 1.90 bits per heavy atom. The lowest BCUT2D eigenvalue weighted by Crippen LogP contribution is -2.30. The number of rotatable bonds is 5. The molecule has 20 heavy (non-hydrogen) atoms. The fourth-order valence-corrected chi connectivity index (χ4v) is 2.11.